The summed E-state index contributed by atoms with van der Waals surface area (Å²) in [5.74, 6) is 1.30. The molecule has 3 N–H and O–H groups in total. The van der Waals surface area contributed by atoms with Crippen LogP contribution < -0.4 is 5.73 Å². The molecule has 0 saturated heterocycles. The third kappa shape index (κ3) is 2.43. The predicted octanol–water partition coefficient (Wildman–Crippen LogP) is 3.25. The van der Waals surface area contributed by atoms with Crippen molar-refractivity contribution in [2.24, 2.45) is 5.73 Å². The molecule has 0 fully saturated rings. The maximum atomic E-state index is 6.15. The molecule has 100 valence electrons. The Morgan fingerprint density at radius 2 is 1.80 bits per heavy atom. The summed E-state index contributed by atoms with van der Waals surface area (Å²) < 4.78 is 0. The Hall–Kier alpha value is -2.17. The van der Waals surface area contributed by atoms with Gasteiger partial charge in [0, 0.05) is 17.7 Å². The number of nitrogens with two attached hydrogens (primary N) is 1. The van der Waals surface area contributed by atoms with Crippen molar-refractivity contribution in [2.75, 3.05) is 0 Å². The second-order valence-corrected chi connectivity index (χ2v) is 4.80. The SMILES string of the molecule is NCc1ccc(-c2n[nH]c(-c3ccccc3Cl)n2)cc1. The summed E-state index contributed by atoms with van der Waals surface area (Å²) in [4.78, 5) is 4.48. The van der Waals surface area contributed by atoms with Crippen LogP contribution in [0.3, 0.4) is 0 Å². The molecule has 0 amide bonds. The lowest BCUT2D eigenvalue weighted by atomic mass is 10.1. The molecular formula is C15H13ClN4. The number of aromatic nitrogens is 3. The van der Waals surface area contributed by atoms with Gasteiger partial charge in [0.25, 0.3) is 0 Å². The maximum absolute atomic E-state index is 6.15. The van der Waals surface area contributed by atoms with Crippen LogP contribution in [0.2, 0.25) is 5.02 Å². The average Bonchev–Trinajstić information content (AvgIpc) is 2.97. The monoisotopic (exact) mass is 284 g/mol. The fourth-order valence-electron chi connectivity index (χ4n) is 1.95. The van der Waals surface area contributed by atoms with Crippen LogP contribution in [0.25, 0.3) is 22.8 Å². The molecule has 0 spiro atoms. The van der Waals surface area contributed by atoms with Gasteiger partial charge in [-0.3, -0.25) is 5.10 Å². The van der Waals surface area contributed by atoms with Gasteiger partial charge in [-0.05, 0) is 17.7 Å². The first-order valence-electron chi connectivity index (χ1n) is 6.24. The van der Waals surface area contributed by atoms with Gasteiger partial charge in [0.2, 0.25) is 0 Å². The van der Waals surface area contributed by atoms with Gasteiger partial charge in [-0.15, -0.1) is 0 Å². The molecule has 20 heavy (non-hydrogen) atoms. The van der Waals surface area contributed by atoms with Gasteiger partial charge in [0.15, 0.2) is 11.6 Å². The van der Waals surface area contributed by atoms with E-state index in [4.69, 9.17) is 17.3 Å². The minimum absolute atomic E-state index is 0.527. The number of H-pyrrole nitrogens is 1. The molecule has 0 aliphatic heterocycles. The molecule has 0 atom stereocenters. The first-order valence-corrected chi connectivity index (χ1v) is 6.62. The molecule has 2 aromatic carbocycles. The molecule has 4 nitrogen and oxygen atoms in total. The van der Waals surface area contributed by atoms with E-state index in [0.29, 0.717) is 23.2 Å². The first-order chi connectivity index (χ1) is 9.78. The van der Waals surface area contributed by atoms with Gasteiger partial charge >= 0.3 is 0 Å². The average molecular weight is 285 g/mol. The van der Waals surface area contributed by atoms with E-state index in [-0.39, 0.29) is 0 Å². The van der Waals surface area contributed by atoms with E-state index in [9.17, 15) is 0 Å². The van der Waals surface area contributed by atoms with E-state index < -0.39 is 0 Å². The smallest absolute Gasteiger partial charge is 0.181 e. The first kappa shape index (κ1) is 12.8. The van der Waals surface area contributed by atoms with E-state index >= 15 is 0 Å². The van der Waals surface area contributed by atoms with Crippen LogP contribution in [0, 0.1) is 0 Å². The normalized spacial score (nSPS) is 10.7. The van der Waals surface area contributed by atoms with Crippen LogP contribution in [0.15, 0.2) is 48.5 Å². The van der Waals surface area contributed by atoms with Crippen LogP contribution in [-0.2, 0) is 6.54 Å². The molecular weight excluding hydrogens is 272 g/mol. The zero-order valence-electron chi connectivity index (χ0n) is 10.7. The molecule has 3 rings (SSSR count). The van der Waals surface area contributed by atoms with Crippen LogP contribution in [0.5, 0.6) is 0 Å². The minimum Gasteiger partial charge on any atom is -0.326 e. The van der Waals surface area contributed by atoms with Gasteiger partial charge < -0.3 is 5.73 Å². The van der Waals surface area contributed by atoms with Crippen LogP contribution >= 0.6 is 11.6 Å². The largest absolute Gasteiger partial charge is 0.326 e. The molecule has 1 heterocycles. The standard InChI is InChI=1S/C15H13ClN4/c16-13-4-2-1-3-12(13)15-18-14(19-20-15)11-7-5-10(9-17)6-8-11/h1-8H,9,17H2,(H,18,19,20). The zero-order valence-corrected chi connectivity index (χ0v) is 11.4. The highest BCUT2D eigenvalue weighted by Crippen LogP contribution is 2.26. The molecule has 0 unspecified atom stereocenters. The highest BCUT2D eigenvalue weighted by Gasteiger charge is 2.09. The van der Waals surface area contributed by atoms with E-state index in [1.165, 1.54) is 0 Å². The lowest BCUT2D eigenvalue weighted by molar-refractivity contribution is 1.07. The van der Waals surface area contributed by atoms with Gasteiger partial charge in [0.1, 0.15) is 0 Å². The van der Waals surface area contributed by atoms with Gasteiger partial charge in [0.05, 0.1) is 5.02 Å². The number of halogens is 1. The summed E-state index contributed by atoms with van der Waals surface area (Å²) in [5.41, 5.74) is 8.44. The summed E-state index contributed by atoms with van der Waals surface area (Å²) in [7, 11) is 0. The van der Waals surface area contributed by atoms with E-state index in [1.807, 2.05) is 48.5 Å². The minimum atomic E-state index is 0.527. The van der Waals surface area contributed by atoms with E-state index in [0.717, 1.165) is 16.7 Å². The fraction of sp³-hybridized carbons (Fsp3) is 0.0667. The lowest BCUT2D eigenvalue weighted by Gasteiger charge is -1.99. The molecule has 0 aliphatic carbocycles. The number of nitrogens with one attached hydrogen (secondary N) is 1. The second kappa shape index (κ2) is 5.45. The van der Waals surface area contributed by atoms with Gasteiger partial charge in [-0.25, -0.2) is 4.98 Å². The van der Waals surface area contributed by atoms with Gasteiger partial charge in [-0.1, -0.05) is 48.0 Å². The van der Waals surface area contributed by atoms with E-state index in [1.54, 1.807) is 0 Å². The Bertz CT molecular complexity index is 719. The predicted molar refractivity (Wildman–Crippen MR) is 80.2 cm³/mol. The Labute approximate surface area is 121 Å². The highest BCUT2D eigenvalue weighted by atomic mass is 35.5. The van der Waals surface area contributed by atoms with Crippen LogP contribution in [0.4, 0.5) is 0 Å². The number of hydrogen-bond donors (Lipinski definition) is 2. The van der Waals surface area contributed by atoms with Crippen LogP contribution in [-0.4, -0.2) is 15.2 Å². The third-order valence-electron chi connectivity index (χ3n) is 3.06. The zero-order chi connectivity index (χ0) is 13.9. The maximum Gasteiger partial charge on any atom is 0.181 e. The van der Waals surface area contributed by atoms with Crippen molar-refractivity contribution in [1.82, 2.24) is 15.2 Å². The highest BCUT2D eigenvalue weighted by molar-refractivity contribution is 6.33. The number of benzene rings is 2. The Morgan fingerprint density at radius 1 is 1.05 bits per heavy atom. The third-order valence-corrected chi connectivity index (χ3v) is 3.39. The Morgan fingerprint density at radius 3 is 2.50 bits per heavy atom. The summed E-state index contributed by atoms with van der Waals surface area (Å²) in [6.07, 6.45) is 0. The number of hydrogen-bond acceptors (Lipinski definition) is 3. The molecule has 0 bridgehead atoms. The molecule has 1 aromatic heterocycles. The quantitative estimate of drug-likeness (QED) is 0.776. The van der Waals surface area contributed by atoms with Crippen molar-refractivity contribution in [1.29, 1.82) is 0 Å². The number of nitrogens with zero attached hydrogens (tertiary/aromatic N) is 2. The van der Waals surface area contributed by atoms with Crippen molar-refractivity contribution in [3.8, 4) is 22.8 Å². The summed E-state index contributed by atoms with van der Waals surface area (Å²) >= 11 is 6.15. The molecule has 0 saturated carbocycles. The van der Waals surface area contributed by atoms with Crippen molar-refractivity contribution < 1.29 is 0 Å². The lowest BCUT2D eigenvalue weighted by Crippen LogP contribution is -1.95. The summed E-state index contributed by atoms with van der Waals surface area (Å²) in [6.45, 7) is 0.527. The number of rotatable bonds is 3. The van der Waals surface area contributed by atoms with Gasteiger partial charge in [-0.2, -0.15) is 5.10 Å². The van der Waals surface area contributed by atoms with Crippen molar-refractivity contribution in [3.05, 3.63) is 59.1 Å². The van der Waals surface area contributed by atoms with E-state index in [2.05, 4.69) is 15.2 Å². The fourth-order valence-corrected chi connectivity index (χ4v) is 2.18. The Balaban J connectivity index is 1.95. The molecule has 0 radical (unpaired) electrons. The topological polar surface area (TPSA) is 67.6 Å². The Kier molecular flexibility index (Phi) is 3.50. The summed E-state index contributed by atoms with van der Waals surface area (Å²) in [5, 5.41) is 7.80. The molecule has 0 aliphatic rings. The molecule has 5 heteroatoms. The second-order valence-electron chi connectivity index (χ2n) is 4.39. The van der Waals surface area contributed by atoms with Crippen molar-refractivity contribution >= 4 is 11.6 Å². The number of aromatic amines is 1. The summed E-state index contributed by atoms with van der Waals surface area (Å²) in [6, 6.07) is 15.4. The van der Waals surface area contributed by atoms with Crippen LogP contribution in [0.1, 0.15) is 5.56 Å². The molecule has 3 aromatic rings. The van der Waals surface area contributed by atoms with Crippen molar-refractivity contribution in [2.45, 2.75) is 6.54 Å². The van der Waals surface area contributed by atoms with Crippen molar-refractivity contribution in [3.63, 3.8) is 0 Å².